The van der Waals surface area contributed by atoms with E-state index in [4.69, 9.17) is 0 Å². The Kier molecular flexibility index (Phi) is 5.78. The van der Waals surface area contributed by atoms with E-state index in [0.717, 1.165) is 0 Å². The van der Waals surface area contributed by atoms with Gasteiger partial charge < -0.3 is 9.80 Å². The van der Waals surface area contributed by atoms with Gasteiger partial charge in [0.1, 0.15) is 5.82 Å². The van der Waals surface area contributed by atoms with Crippen LogP contribution in [0.2, 0.25) is 0 Å². The molecule has 0 N–H and O–H groups in total. The lowest BCUT2D eigenvalue weighted by atomic mass is 10.0. The highest BCUT2D eigenvalue weighted by Crippen LogP contribution is 2.25. The zero-order chi connectivity index (χ0) is 23.0. The summed E-state index contributed by atoms with van der Waals surface area (Å²) in [5.74, 6) is -1.57. The molecule has 2 heterocycles. The van der Waals surface area contributed by atoms with Crippen molar-refractivity contribution in [3.8, 4) is 0 Å². The highest BCUT2D eigenvalue weighted by molar-refractivity contribution is 6.22. The van der Waals surface area contributed by atoms with Crippen LogP contribution in [0, 0.1) is 11.7 Å². The summed E-state index contributed by atoms with van der Waals surface area (Å²) in [6.07, 6.45) is 0. The van der Waals surface area contributed by atoms with E-state index in [2.05, 4.69) is 0 Å². The highest BCUT2D eigenvalue weighted by atomic mass is 19.1. The van der Waals surface area contributed by atoms with Crippen molar-refractivity contribution in [2.45, 2.75) is 13.8 Å². The molecule has 7 nitrogen and oxygen atoms in total. The van der Waals surface area contributed by atoms with E-state index in [0.29, 0.717) is 43.9 Å². The standard InChI is InChI=1S/C24H24FN3O4/c1-15(2)14-28-23(31)19-7-6-17(13-20(19)24(28)32)22(30)27-10-8-26(9-11-27)21(29)16-4-3-5-18(25)12-16/h3-7,12-13,15H,8-11,14H2,1-2H3. The maximum absolute atomic E-state index is 13.4. The van der Waals surface area contributed by atoms with Crippen molar-refractivity contribution in [1.29, 1.82) is 0 Å². The van der Waals surface area contributed by atoms with Crippen LogP contribution in [0.5, 0.6) is 0 Å². The molecule has 2 aromatic rings. The summed E-state index contributed by atoms with van der Waals surface area (Å²) in [5, 5.41) is 0. The molecule has 0 atom stereocenters. The van der Waals surface area contributed by atoms with Gasteiger partial charge in [-0.05, 0) is 42.3 Å². The molecule has 0 radical (unpaired) electrons. The molecule has 4 amide bonds. The van der Waals surface area contributed by atoms with E-state index >= 15 is 0 Å². The van der Waals surface area contributed by atoms with E-state index in [1.165, 1.54) is 35.2 Å². The van der Waals surface area contributed by atoms with Crippen LogP contribution in [-0.4, -0.2) is 71.1 Å². The van der Waals surface area contributed by atoms with Gasteiger partial charge in [-0.15, -0.1) is 0 Å². The second-order valence-corrected chi connectivity index (χ2v) is 8.47. The summed E-state index contributed by atoms with van der Waals surface area (Å²) < 4.78 is 13.4. The molecule has 1 fully saturated rings. The third kappa shape index (κ3) is 4.00. The molecule has 8 heteroatoms. The maximum atomic E-state index is 13.4. The number of halogens is 1. The van der Waals surface area contributed by atoms with Crippen LogP contribution in [0.1, 0.15) is 55.3 Å². The molecule has 0 bridgehead atoms. The number of piperazine rings is 1. The zero-order valence-corrected chi connectivity index (χ0v) is 18.0. The average Bonchev–Trinajstić information content (AvgIpc) is 3.02. The maximum Gasteiger partial charge on any atom is 0.261 e. The van der Waals surface area contributed by atoms with Crippen LogP contribution in [-0.2, 0) is 0 Å². The molecule has 0 aliphatic carbocycles. The summed E-state index contributed by atoms with van der Waals surface area (Å²) in [6.45, 7) is 5.48. The Balaban J connectivity index is 1.43. The fourth-order valence-corrected chi connectivity index (χ4v) is 4.05. The summed E-state index contributed by atoms with van der Waals surface area (Å²) in [5.41, 5.74) is 1.18. The number of hydrogen-bond donors (Lipinski definition) is 0. The number of amides is 4. The number of hydrogen-bond acceptors (Lipinski definition) is 4. The first-order chi connectivity index (χ1) is 15.3. The molecule has 4 rings (SSSR count). The second-order valence-electron chi connectivity index (χ2n) is 8.47. The normalized spacial score (nSPS) is 16.1. The smallest absolute Gasteiger partial charge is 0.261 e. The average molecular weight is 437 g/mol. The number of carbonyl (C=O) groups excluding carboxylic acids is 4. The van der Waals surface area contributed by atoms with Gasteiger partial charge in [0, 0.05) is 43.9 Å². The molecule has 0 aromatic heterocycles. The number of rotatable bonds is 4. The summed E-state index contributed by atoms with van der Waals surface area (Å²) in [4.78, 5) is 55.2. The molecule has 2 aliphatic rings. The predicted molar refractivity (Wildman–Crippen MR) is 115 cm³/mol. The van der Waals surface area contributed by atoms with Gasteiger partial charge in [0.2, 0.25) is 0 Å². The molecule has 1 saturated heterocycles. The van der Waals surface area contributed by atoms with Crippen LogP contribution in [0.4, 0.5) is 4.39 Å². The lowest BCUT2D eigenvalue weighted by Crippen LogP contribution is -2.50. The number of fused-ring (bicyclic) bond motifs is 1. The van der Waals surface area contributed by atoms with E-state index in [-0.39, 0.29) is 40.7 Å². The van der Waals surface area contributed by atoms with E-state index in [1.54, 1.807) is 21.9 Å². The summed E-state index contributed by atoms with van der Waals surface area (Å²) >= 11 is 0. The number of benzene rings is 2. The van der Waals surface area contributed by atoms with Crippen molar-refractivity contribution in [3.63, 3.8) is 0 Å². The molecule has 0 unspecified atom stereocenters. The van der Waals surface area contributed by atoms with Gasteiger partial charge in [-0.2, -0.15) is 0 Å². The molecule has 166 valence electrons. The van der Waals surface area contributed by atoms with Crippen molar-refractivity contribution in [2.24, 2.45) is 5.92 Å². The van der Waals surface area contributed by atoms with Gasteiger partial charge in [0.05, 0.1) is 11.1 Å². The Labute approximate surface area is 185 Å². The molecular weight excluding hydrogens is 413 g/mol. The monoisotopic (exact) mass is 437 g/mol. The van der Waals surface area contributed by atoms with E-state index in [9.17, 15) is 23.6 Å². The Hall–Kier alpha value is -3.55. The first-order valence-electron chi connectivity index (χ1n) is 10.6. The summed E-state index contributed by atoms with van der Waals surface area (Å²) in [7, 11) is 0. The molecule has 2 aliphatic heterocycles. The highest BCUT2D eigenvalue weighted by Gasteiger charge is 2.36. The zero-order valence-electron chi connectivity index (χ0n) is 18.0. The first-order valence-corrected chi connectivity index (χ1v) is 10.6. The third-order valence-corrected chi connectivity index (χ3v) is 5.69. The molecular formula is C24H24FN3O4. The SMILES string of the molecule is CC(C)CN1C(=O)c2ccc(C(=O)N3CCN(C(=O)c4cccc(F)c4)CC3)cc2C1=O. The number of nitrogens with zero attached hydrogens (tertiary/aromatic N) is 3. The quantitative estimate of drug-likeness (QED) is 0.689. The van der Waals surface area contributed by atoms with Gasteiger partial charge in [0.15, 0.2) is 0 Å². The number of carbonyl (C=O) groups is 4. The van der Waals surface area contributed by atoms with Crippen LogP contribution >= 0.6 is 0 Å². The molecule has 0 saturated carbocycles. The van der Waals surface area contributed by atoms with Crippen LogP contribution < -0.4 is 0 Å². The van der Waals surface area contributed by atoms with Crippen molar-refractivity contribution in [1.82, 2.24) is 14.7 Å². The number of imide groups is 1. The minimum atomic E-state index is -0.471. The largest absolute Gasteiger partial charge is 0.335 e. The molecule has 32 heavy (non-hydrogen) atoms. The molecule has 0 spiro atoms. The van der Waals surface area contributed by atoms with Gasteiger partial charge in [-0.1, -0.05) is 19.9 Å². The van der Waals surface area contributed by atoms with Crippen molar-refractivity contribution < 1.29 is 23.6 Å². The van der Waals surface area contributed by atoms with Gasteiger partial charge >= 0.3 is 0 Å². The van der Waals surface area contributed by atoms with Crippen molar-refractivity contribution >= 4 is 23.6 Å². The Morgan fingerprint density at radius 2 is 1.41 bits per heavy atom. The minimum absolute atomic E-state index is 0.143. The fraction of sp³-hybridized carbons (Fsp3) is 0.333. The third-order valence-electron chi connectivity index (χ3n) is 5.69. The lowest BCUT2D eigenvalue weighted by Gasteiger charge is -2.35. The minimum Gasteiger partial charge on any atom is -0.335 e. The van der Waals surface area contributed by atoms with E-state index in [1.807, 2.05) is 13.8 Å². The van der Waals surface area contributed by atoms with Crippen LogP contribution in [0.25, 0.3) is 0 Å². The topological polar surface area (TPSA) is 78.0 Å². The van der Waals surface area contributed by atoms with Crippen LogP contribution in [0.3, 0.4) is 0 Å². The molecule has 2 aromatic carbocycles. The van der Waals surface area contributed by atoms with Crippen molar-refractivity contribution in [2.75, 3.05) is 32.7 Å². The Bertz CT molecular complexity index is 1110. The van der Waals surface area contributed by atoms with Crippen LogP contribution in [0.15, 0.2) is 42.5 Å². The van der Waals surface area contributed by atoms with E-state index < -0.39 is 5.82 Å². The van der Waals surface area contributed by atoms with Gasteiger partial charge in [-0.3, -0.25) is 24.1 Å². The van der Waals surface area contributed by atoms with Gasteiger partial charge in [-0.25, -0.2) is 4.39 Å². The first kappa shape index (κ1) is 21.7. The fourth-order valence-electron chi connectivity index (χ4n) is 4.05. The Morgan fingerprint density at radius 3 is 1.97 bits per heavy atom. The summed E-state index contributed by atoms with van der Waals surface area (Å²) in [6, 6.07) is 10.1. The second kappa shape index (κ2) is 8.53. The lowest BCUT2D eigenvalue weighted by molar-refractivity contribution is 0.0535. The van der Waals surface area contributed by atoms with Gasteiger partial charge in [0.25, 0.3) is 23.6 Å². The Morgan fingerprint density at radius 1 is 0.844 bits per heavy atom. The predicted octanol–water partition coefficient (Wildman–Crippen LogP) is 2.68. The van der Waals surface area contributed by atoms with Crippen molar-refractivity contribution in [3.05, 3.63) is 70.5 Å².